The molecule has 0 saturated carbocycles. The lowest BCUT2D eigenvalue weighted by atomic mass is 9.98. The fourth-order valence-electron chi connectivity index (χ4n) is 2.33. The number of anilines is 1. The van der Waals surface area contributed by atoms with Crippen molar-refractivity contribution < 1.29 is 5.11 Å². The summed E-state index contributed by atoms with van der Waals surface area (Å²) < 4.78 is 0. The fourth-order valence-corrected chi connectivity index (χ4v) is 2.33. The molecule has 1 aromatic carbocycles. The number of aliphatic hydroxyl groups is 1. The molecule has 0 aromatic heterocycles. The summed E-state index contributed by atoms with van der Waals surface area (Å²) in [6, 6.07) is 8.59. The quantitative estimate of drug-likeness (QED) is 0.757. The van der Waals surface area contributed by atoms with Crippen LogP contribution in [-0.4, -0.2) is 36.9 Å². The summed E-state index contributed by atoms with van der Waals surface area (Å²) in [6.07, 6.45) is 0.930. The summed E-state index contributed by atoms with van der Waals surface area (Å²) in [4.78, 5) is 2.36. The smallest absolute Gasteiger partial charge is 0.0611 e. The van der Waals surface area contributed by atoms with Crippen LogP contribution in [0.2, 0.25) is 0 Å². The monoisotopic (exact) mass is 264 g/mol. The number of nitrogens with zero attached hydrogens (tertiary/aromatic N) is 1. The van der Waals surface area contributed by atoms with Gasteiger partial charge in [-0.1, -0.05) is 19.1 Å². The third kappa shape index (κ3) is 4.84. The van der Waals surface area contributed by atoms with E-state index in [-0.39, 0.29) is 12.1 Å². The van der Waals surface area contributed by atoms with Crippen molar-refractivity contribution in [2.24, 2.45) is 0 Å². The van der Waals surface area contributed by atoms with Crippen LogP contribution in [0.15, 0.2) is 24.3 Å². The van der Waals surface area contributed by atoms with Crippen molar-refractivity contribution in [1.29, 1.82) is 0 Å². The predicted molar refractivity (Wildman–Crippen MR) is 82.9 cm³/mol. The molecule has 3 heteroatoms. The van der Waals surface area contributed by atoms with Crippen molar-refractivity contribution in [2.45, 2.75) is 39.7 Å². The highest BCUT2D eigenvalue weighted by Crippen LogP contribution is 2.18. The average molecular weight is 264 g/mol. The zero-order valence-corrected chi connectivity index (χ0v) is 12.7. The van der Waals surface area contributed by atoms with E-state index in [2.05, 4.69) is 62.2 Å². The van der Waals surface area contributed by atoms with Crippen LogP contribution in [0.3, 0.4) is 0 Å². The highest BCUT2D eigenvalue weighted by molar-refractivity contribution is 5.48. The van der Waals surface area contributed by atoms with Gasteiger partial charge in [-0.3, -0.25) is 0 Å². The number of aryl methyl sites for hydroxylation is 1. The predicted octanol–water partition coefficient (Wildman–Crippen LogP) is 2.57. The molecule has 2 N–H and O–H groups in total. The zero-order chi connectivity index (χ0) is 14.3. The lowest BCUT2D eigenvalue weighted by Crippen LogP contribution is -2.48. The number of rotatable bonds is 8. The first-order valence-electron chi connectivity index (χ1n) is 7.22. The van der Waals surface area contributed by atoms with Gasteiger partial charge in [-0.05, 0) is 51.4 Å². The Morgan fingerprint density at radius 1 is 1.32 bits per heavy atom. The van der Waals surface area contributed by atoms with Crippen LogP contribution in [0.25, 0.3) is 0 Å². The molecule has 0 aliphatic rings. The Hall–Kier alpha value is -1.06. The van der Waals surface area contributed by atoms with Crippen molar-refractivity contribution in [2.75, 3.05) is 31.1 Å². The zero-order valence-electron chi connectivity index (χ0n) is 12.7. The number of hydrogen-bond donors (Lipinski definition) is 2. The molecule has 3 nitrogen and oxygen atoms in total. The molecule has 1 aromatic rings. The normalized spacial score (nSPS) is 14.2. The van der Waals surface area contributed by atoms with Crippen LogP contribution < -0.4 is 10.2 Å². The molecule has 1 unspecified atom stereocenters. The Morgan fingerprint density at radius 3 is 2.58 bits per heavy atom. The molecule has 0 saturated heterocycles. The molecule has 0 heterocycles. The minimum absolute atomic E-state index is 0.173. The van der Waals surface area contributed by atoms with E-state index in [4.69, 9.17) is 0 Å². The van der Waals surface area contributed by atoms with Gasteiger partial charge in [0.05, 0.1) is 6.61 Å². The summed E-state index contributed by atoms with van der Waals surface area (Å²) in [5, 5.41) is 12.9. The van der Waals surface area contributed by atoms with Crippen LogP contribution in [0.1, 0.15) is 32.8 Å². The first-order chi connectivity index (χ1) is 9.04. The number of hydrogen-bond acceptors (Lipinski definition) is 3. The van der Waals surface area contributed by atoms with Gasteiger partial charge < -0.3 is 15.3 Å². The molecule has 0 radical (unpaired) electrons. The second-order valence-electron chi connectivity index (χ2n) is 5.42. The van der Waals surface area contributed by atoms with Crippen molar-refractivity contribution in [3.8, 4) is 0 Å². The first kappa shape index (κ1) is 16.0. The molecule has 0 spiro atoms. The van der Waals surface area contributed by atoms with E-state index in [1.807, 2.05) is 0 Å². The summed E-state index contributed by atoms with van der Waals surface area (Å²) >= 11 is 0. The van der Waals surface area contributed by atoms with E-state index in [1.54, 1.807) is 0 Å². The van der Waals surface area contributed by atoms with Gasteiger partial charge >= 0.3 is 0 Å². The molecule has 0 aliphatic heterocycles. The highest BCUT2D eigenvalue weighted by atomic mass is 16.3. The molecule has 0 aliphatic carbocycles. The maximum absolute atomic E-state index is 9.54. The Kier molecular flexibility index (Phi) is 6.32. The van der Waals surface area contributed by atoms with Crippen LogP contribution >= 0.6 is 0 Å². The van der Waals surface area contributed by atoms with Gasteiger partial charge in [0.25, 0.3) is 0 Å². The van der Waals surface area contributed by atoms with Gasteiger partial charge in [-0.25, -0.2) is 0 Å². The second-order valence-corrected chi connectivity index (χ2v) is 5.42. The maximum Gasteiger partial charge on any atom is 0.0611 e. The summed E-state index contributed by atoms with van der Waals surface area (Å²) in [5.74, 6) is 0. The summed E-state index contributed by atoms with van der Waals surface area (Å²) in [6.45, 7) is 11.4. The highest BCUT2D eigenvalue weighted by Gasteiger charge is 2.22. The lowest BCUT2D eigenvalue weighted by molar-refractivity contribution is 0.169. The number of likely N-dealkylation sites (N-methyl/N-ethyl adjacent to an activating group) is 1. The maximum atomic E-state index is 9.54. The molecule has 1 rings (SSSR count). The first-order valence-corrected chi connectivity index (χ1v) is 7.22. The van der Waals surface area contributed by atoms with Crippen LogP contribution in [0.4, 0.5) is 5.69 Å². The van der Waals surface area contributed by atoms with Crippen molar-refractivity contribution in [1.82, 2.24) is 5.32 Å². The van der Waals surface area contributed by atoms with E-state index in [9.17, 15) is 5.11 Å². The van der Waals surface area contributed by atoms with Gasteiger partial charge in [0, 0.05) is 24.3 Å². The third-order valence-electron chi connectivity index (χ3n) is 3.63. The number of aliphatic hydroxyl groups excluding tert-OH is 1. The topological polar surface area (TPSA) is 35.5 Å². The van der Waals surface area contributed by atoms with Crippen LogP contribution in [0, 0.1) is 6.92 Å². The molecule has 0 amide bonds. The standard InChI is InChI=1S/C16H28N2O/c1-5-17-16(4,13-19)10-11-18(6-2)15-9-7-8-14(3)12-15/h7-9,12,17,19H,5-6,10-11,13H2,1-4H3. The minimum Gasteiger partial charge on any atom is -0.394 e. The van der Waals surface area contributed by atoms with Gasteiger partial charge in [0.1, 0.15) is 0 Å². The summed E-state index contributed by atoms with van der Waals surface area (Å²) in [7, 11) is 0. The van der Waals surface area contributed by atoms with Crippen molar-refractivity contribution in [3.63, 3.8) is 0 Å². The number of nitrogens with one attached hydrogen (secondary N) is 1. The molecule has 0 bridgehead atoms. The van der Waals surface area contributed by atoms with Crippen LogP contribution in [-0.2, 0) is 0 Å². The van der Waals surface area contributed by atoms with Gasteiger partial charge in [-0.15, -0.1) is 0 Å². The second kappa shape index (κ2) is 7.51. The lowest BCUT2D eigenvalue weighted by Gasteiger charge is -2.32. The van der Waals surface area contributed by atoms with Crippen LogP contribution in [0.5, 0.6) is 0 Å². The van der Waals surface area contributed by atoms with Gasteiger partial charge in [0.2, 0.25) is 0 Å². The van der Waals surface area contributed by atoms with Gasteiger partial charge in [0.15, 0.2) is 0 Å². The Balaban J connectivity index is 2.67. The largest absolute Gasteiger partial charge is 0.394 e. The Bertz CT molecular complexity index is 381. The summed E-state index contributed by atoms with van der Waals surface area (Å²) in [5.41, 5.74) is 2.36. The molecular formula is C16H28N2O. The SMILES string of the molecule is CCNC(C)(CO)CCN(CC)c1cccc(C)c1. The van der Waals surface area contributed by atoms with Crippen molar-refractivity contribution in [3.05, 3.63) is 29.8 Å². The van der Waals surface area contributed by atoms with E-state index >= 15 is 0 Å². The number of benzene rings is 1. The average Bonchev–Trinajstić information content (AvgIpc) is 2.40. The van der Waals surface area contributed by atoms with E-state index < -0.39 is 0 Å². The molecule has 108 valence electrons. The minimum atomic E-state index is -0.188. The fraction of sp³-hybridized carbons (Fsp3) is 0.625. The molecule has 19 heavy (non-hydrogen) atoms. The van der Waals surface area contributed by atoms with Crippen molar-refractivity contribution >= 4 is 5.69 Å². The van der Waals surface area contributed by atoms with E-state index in [1.165, 1.54) is 11.3 Å². The van der Waals surface area contributed by atoms with Gasteiger partial charge in [-0.2, -0.15) is 0 Å². The Morgan fingerprint density at radius 2 is 2.05 bits per heavy atom. The van der Waals surface area contributed by atoms with E-state index in [0.717, 1.165) is 26.1 Å². The van der Waals surface area contributed by atoms with E-state index in [0.29, 0.717) is 0 Å². The molecule has 1 atom stereocenters. The Labute approximate surface area is 117 Å². The molecular weight excluding hydrogens is 236 g/mol. The molecule has 0 fully saturated rings. The third-order valence-corrected chi connectivity index (χ3v) is 3.63.